The van der Waals surface area contributed by atoms with Gasteiger partial charge in [0.2, 0.25) is 0 Å². The topological polar surface area (TPSA) is 48.4 Å². The number of rotatable bonds is 2. The van der Waals surface area contributed by atoms with Crippen LogP contribution in [0.1, 0.15) is 25.0 Å². The predicted molar refractivity (Wildman–Crippen MR) is 102 cm³/mol. The predicted octanol–water partition coefficient (Wildman–Crippen LogP) is 3.36. The molecule has 2 saturated heterocycles. The van der Waals surface area contributed by atoms with Gasteiger partial charge in [0.1, 0.15) is 11.3 Å². The monoisotopic (exact) mass is 369 g/mol. The molecule has 24 heavy (non-hydrogen) atoms. The fourth-order valence-electron chi connectivity index (χ4n) is 4.02. The summed E-state index contributed by atoms with van der Waals surface area (Å²) in [4.78, 5) is 7.20. The Morgan fingerprint density at radius 1 is 1.08 bits per heavy atom. The Morgan fingerprint density at radius 2 is 1.88 bits per heavy atom. The molecule has 0 aliphatic carbocycles. The SMILES string of the molecule is Cl.Cl.Oc1cccc2ccc(CN3CCC4(CCNCC4)C3)nc12. The number of para-hydroxylation sites is 1. The number of benzene rings is 1. The standard InChI is InChI=1S/C18H23N3O.2ClH/c22-16-3-1-2-14-4-5-15(20-17(14)16)12-21-11-8-18(13-21)6-9-19-10-7-18;;/h1-5,19,22H,6-13H2;2*1H. The van der Waals surface area contributed by atoms with Crippen molar-refractivity contribution < 1.29 is 5.11 Å². The molecular weight excluding hydrogens is 345 g/mol. The van der Waals surface area contributed by atoms with E-state index in [0.29, 0.717) is 5.41 Å². The Balaban J connectivity index is 0.00000104. The molecule has 2 N–H and O–H groups in total. The molecule has 2 aromatic rings. The van der Waals surface area contributed by atoms with E-state index in [1.165, 1.54) is 32.4 Å². The summed E-state index contributed by atoms with van der Waals surface area (Å²) in [5.41, 5.74) is 2.31. The first-order valence-electron chi connectivity index (χ1n) is 8.25. The van der Waals surface area contributed by atoms with Crippen LogP contribution < -0.4 is 5.32 Å². The van der Waals surface area contributed by atoms with Gasteiger partial charge in [0.15, 0.2) is 0 Å². The van der Waals surface area contributed by atoms with Crippen LogP contribution in [0.4, 0.5) is 0 Å². The van der Waals surface area contributed by atoms with E-state index in [0.717, 1.165) is 36.2 Å². The summed E-state index contributed by atoms with van der Waals surface area (Å²) < 4.78 is 0. The third-order valence-electron chi connectivity index (χ3n) is 5.32. The third-order valence-corrected chi connectivity index (χ3v) is 5.32. The van der Waals surface area contributed by atoms with Gasteiger partial charge in [-0.05, 0) is 56.4 Å². The van der Waals surface area contributed by atoms with Crippen molar-refractivity contribution in [1.29, 1.82) is 0 Å². The summed E-state index contributed by atoms with van der Waals surface area (Å²) in [5.74, 6) is 0.274. The largest absolute Gasteiger partial charge is 0.506 e. The van der Waals surface area contributed by atoms with Crippen molar-refractivity contribution >= 4 is 35.7 Å². The summed E-state index contributed by atoms with van der Waals surface area (Å²) in [6.07, 6.45) is 3.92. The Labute approximate surface area is 155 Å². The molecule has 6 heteroatoms. The average Bonchev–Trinajstić information content (AvgIpc) is 2.91. The number of nitrogens with zero attached hydrogens (tertiary/aromatic N) is 2. The highest BCUT2D eigenvalue weighted by atomic mass is 35.5. The number of hydrogen-bond acceptors (Lipinski definition) is 4. The molecule has 0 unspecified atom stereocenters. The first-order valence-corrected chi connectivity index (χ1v) is 8.25. The van der Waals surface area contributed by atoms with Gasteiger partial charge in [-0.1, -0.05) is 18.2 Å². The van der Waals surface area contributed by atoms with E-state index in [9.17, 15) is 5.11 Å². The maximum atomic E-state index is 9.97. The van der Waals surface area contributed by atoms with Crippen molar-refractivity contribution in [2.75, 3.05) is 26.2 Å². The van der Waals surface area contributed by atoms with Crippen molar-refractivity contribution in [2.24, 2.45) is 5.41 Å². The van der Waals surface area contributed by atoms with E-state index in [2.05, 4.69) is 27.3 Å². The molecule has 2 aliphatic rings. The summed E-state index contributed by atoms with van der Waals surface area (Å²) >= 11 is 0. The molecule has 1 aromatic carbocycles. The van der Waals surface area contributed by atoms with Crippen LogP contribution in [0.2, 0.25) is 0 Å². The van der Waals surface area contributed by atoms with Crippen LogP contribution in [0.5, 0.6) is 5.75 Å². The Hall–Kier alpha value is -1.07. The van der Waals surface area contributed by atoms with Crippen LogP contribution in [-0.2, 0) is 6.54 Å². The highest BCUT2D eigenvalue weighted by Crippen LogP contribution is 2.39. The highest BCUT2D eigenvalue weighted by Gasteiger charge is 2.38. The number of aromatic nitrogens is 1. The number of aromatic hydroxyl groups is 1. The zero-order chi connectivity index (χ0) is 15.0. The molecule has 132 valence electrons. The van der Waals surface area contributed by atoms with Crippen molar-refractivity contribution in [1.82, 2.24) is 15.2 Å². The van der Waals surface area contributed by atoms with Crippen LogP contribution >= 0.6 is 24.8 Å². The van der Waals surface area contributed by atoms with Gasteiger partial charge in [0, 0.05) is 18.5 Å². The number of nitrogens with one attached hydrogen (secondary N) is 1. The molecule has 0 radical (unpaired) electrons. The van der Waals surface area contributed by atoms with Gasteiger partial charge in [-0.2, -0.15) is 0 Å². The lowest BCUT2D eigenvalue weighted by atomic mass is 9.78. The van der Waals surface area contributed by atoms with Gasteiger partial charge in [-0.15, -0.1) is 24.8 Å². The van der Waals surface area contributed by atoms with Gasteiger partial charge in [-0.25, -0.2) is 4.98 Å². The van der Waals surface area contributed by atoms with E-state index in [1.54, 1.807) is 6.07 Å². The molecule has 0 bridgehead atoms. The van der Waals surface area contributed by atoms with E-state index < -0.39 is 0 Å². The lowest BCUT2D eigenvalue weighted by Gasteiger charge is -2.33. The second-order valence-electron chi connectivity index (χ2n) is 6.86. The molecule has 1 aromatic heterocycles. The molecule has 4 nitrogen and oxygen atoms in total. The van der Waals surface area contributed by atoms with Crippen LogP contribution in [0, 0.1) is 5.41 Å². The fraction of sp³-hybridized carbons (Fsp3) is 0.500. The minimum atomic E-state index is 0. The maximum absolute atomic E-state index is 9.97. The van der Waals surface area contributed by atoms with Crippen LogP contribution in [0.15, 0.2) is 30.3 Å². The Kier molecular flexibility index (Phi) is 6.32. The van der Waals surface area contributed by atoms with Crippen molar-refractivity contribution in [2.45, 2.75) is 25.8 Å². The number of hydrogen-bond donors (Lipinski definition) is 2. The van der Waals surface area contributed by atoms with Gasteiger partial charge in [-0.3, -0.25) is 4.90 Å². The van der Waals surface area contributed by atoms with Gasteiger partial charge in [0.05, 0.1) is 5.69 Å². The van der Waals surface area contributed by atoms with Gasteiger partial charge < -0.3 is 10.4 Å². The second kappa shape index (κ2) is 7.87. The van der Waals surface area contributed by atoms with Crippen molar-refractivity contribution in [3.63, 3.8) is 0 Å². The minimum Gasteiger partial charge on any atom is -0.506 e. The van der Waals surface area contributed by atoms with Crippen LogP contribution in [0.25, 0.3) is 10.9 Å². The van der Waals surface area contributed by atoms with E-state index in [1.807, 2.05) is 12.1 Å². The molecular formula is C18H25Cl2N3O. The Bertz CT molecular complexity index is 689. The first-order chi connectivity index (χ1) is 10.7. The first kappa shape index (κ1) is 19.3. The zero-order valence-electron chi connectivity index (χ0n) is 13.7. The molecule has 0 saturated carbocycles. The summed E-state index contributed by atoms with van der Waals surface area (Å²) in [7, 11) is 0. The molecule has 2 fully saturated rings. The summed E-state index contributed by atoms with van der Waals surface area (Å²) in [6, 6.07) is 9.72. The highest BCUT2D eigenvalue weighted by molar-refractivity contribution is 5.85. The van der Waals surface area contributed by atoms with Crippen molar-refractivity contribution in [3.05, 3.63) is 36.0 Å². The fourth-order valence-corrected chi connectivity index (χ4v) is 4.02. The third kappa shape index (κ3) is 3.77. The number of phenolic OH excluding ortho intramolecular Hbond substituents is 1. The smallest absolute Gasteiger partial charge is 0.141 e. The molecule has 1 spiro atoms. The van der Waals surface area contributed by atoms with E-state index in [-0.39, 0.29) is 30.6 Å². The number of pyridine rings is 1. The lowest BCUT2D eigenvalue weighted by molar-refractivity contribution is 0.193. The van der Waals surface area contributed by atoms with Crippen LogP contribution in [-0.4, -0.2) is 41.2 Å². The molecule has 3 heterocycles. The quantitative estimate of drug-likeness (QED) is 0.851. The second-order valence-corrected chi connectivity index (χ2v) is 6.86. The zero-order valence-corrected chi connectivity index (χ0v) is 15.3. The number of phenols is 1. The molecule has 0 atom stereocenters. The number of likely N-dealkylation sites (tertiary alicyclic amines) is 1. The maximum Gasteiger partial charge on any atom is 0.141 e. The van der Waals surface area contributed by atoms with Gasteiger partial charge in [0.25, 0.3) is 0 Å². The molecule has 0 amide bonds. The van der Waals surface area contributed by atoms with E-state index >= 15 is 0 Å². The Morgan fingerprint density at radius 3 is 2.67 bits per heavy atom. The summed E-state index contributed by atoms with van der Waals surface area (Å²) in [6.45, 7) is 5.57. The van der Waals surface area contributed by atoms with E-state index in [4.69, 9.17) is 0 Å². The minimum absolute atomic E-state index is 0. The molecule has 2 aliphatic heterocycles. The number of halogens is 2. The normalized spacial score (nSPS) is 19.8. The average molecular weight is 370 g/mol. The lowest BCUT2D eigenvalue weighted by Crippen LogP contribution is -2.38. The van der Waals surface area contributed by atoms with Crippen LogP contribution in [0.3, 0.4) is 0 Å². The number of fused-ring (bicyclic) bond motifs is 1. The number of piperidine rings is 1. The van der Waals surface area contributed by atoms with Crippen molar-refractivity contribution in [3.8, 4) is 5.75 Å². The van der Waals surface area contributed by atoms with Gasteiger partial charge >= 0.3 is 0 Å². The molecule has 4 rings (SSSR count). The summed E-state index contributed by atoms with van der Waals surface area (Å²) in [5, 5.41) is 14.4.